The van der Waals surface area contributed by atoms with E-state index in [0.717, 1.165) is 11.9 Å². The summed E-state index contributed by atoms with van der Waals surface area (Å²) in [5, 5.41) is 4.11. The van der Waals surface area contributed by atoms with Gasteiger partial charge in [0.2, 0.25) is 0 Å². The smallest absolute Gasteiger partial charge is 0.251 e. The molecule has 0 saturated heterocycles. The Morgan fingerprint density at radius 3 is 2.50 bits per heavy atom. The summed E-state index contributed by atoms with van der Waals surface area (Å²) >= 11 is 0. The molecule has 1 amide bonds. The number of aromatic nitrogens is 1. The summed E-state index contributed by atoms with van der Waals surface area (Å²) in [5.74, 6) is 1.05. The molecule has 5 heteroatoms. The lowest BCUT2D eigenvalue weighted by Gasteiger charge is -2.09. The molecule has 0 atom stereocenters. The maximum Gasteiger partial charge on any atom is 0.251 e. The molecule has 0 unspecified atom stereocenters. The van der Waals surface area contributed by atoms with Crippen molar-refractivity contribution in [2.75, 3.05) is 20.8 Å². The summed E-state index contributed by atoms with van der Waals surface area (Å²) in [4.78, 5) is 15.5. The van der Waals surface area contributed by atoms with E-state index in [1.165, 1.54) is 10.9 Å². The van der Waals surface area contributed by atoms with Gasteiger partial charge in [-0.3, -0.25) is 4.79 Å². The fourth-order valence-corrected chi connectivity index (χ4v) is 2.62. The van der Waals surface area contributed by atoms with Gasteiger partial charge in [-0.05, 0) is 47.7 Å². The van der Waals surface area contributed by atoms with Crippen molar-refractivity contribution in [1.82, 2.24) is 10.3 Å². The number of rotatable bonds is 6. The summed E-state index contributed by atoms with van der Waals surface area (Å²) < 4.78 is 10.4. The van der Waals surface area contributed by atoms with Crippen LogP contribution >= 0.6 is 0 Å². The van der Waals surface area contributed by atoms with Crippen LogP contribution in [0.25, 0.3) is 10.9 Å². The molecule has 3 aromatic rings. The molecule has 1 aromatic heterocycles. The van der Waals surface area contributed by atoms with Gasteiger partial charge in [-0.1, -0.05) is 6.07 Å². The number of carbonyl (C=O) groups excluding carboxylic acids is 1. The van der Waals surface area contributed by atoms with E-state index in [0.29, 0.717) is 23.6 Å². The number of aromatic amines is 1. The predicted octanol–water partition coefficient (Wildman–Crippen LogP) is 3.16. The van der Waals surface area contributed by atoms with E-state index >= 15 is 0 Å². The van der Waals surface area contributed by atoms with Gasteiger partial charge in [0.25, 0.3) is 5.91 Å². The maximum absolute atomic E-state index is 12.3. The third kappa shape index (κ3) is 3.51. The first-order chi connectivity index (χ1) is 11.7. The Hall–Kier alpha value is -2.95. The van der Waals surface area contributed by atoms with Crippen LogP contribution in [-0.4, -0.2) is 31.7 Å². The van der Waals surface area contributed by atoms with Crippen LogP contribution in [0.5, 0.6) is 11.5 Å². The summed E-state index contributed by atoms with van der Waals surface area (Å²) in [6.45, 7) is 0.564. The quantitative estimate of drug-likeness (QED) is 0.732. The first kappa shape index (κ1) is 15.9. The molecule has 0 aliphatic rings. The molecule has 0 radical (unpaired) electrons. The third-order valence-corrected chi connectivity index (χ3v) is 3.93. The molecular weight excluding hydrogens is 304 g/mol. The largest absolute Gasteiger partial charge is 0.497 e. The summed E-state index contributed by atoms with van der Waals surface area (Å²) in [6, 6.07) is 13.4. The third-order valence-electron chi connectivity index (χ3n) is 3.93. The van der Waals surface area contributed by atoms with Gasteiger partial charge in [0.15, 0.2) is 0 Å². The van der Waals surface area contributed by atoms with Crippen LogP contribution in [0.1, 0.15) is 15.9 Å². The second-order valence-electron chi connectivity index (χ2n) is 5.51. The highest BCUT2D eigenvalue weighted by atomic mass is 16.5. The molecule has 24 heavy (non-hydrogen) atoms. The normalized spacial score (nSPS) is 10.6. The van der Waals surface area contributed by atoms with Crippen molar-refractivity contribution in [2.45, 2.75) is 6.42 Å². The number of ether oxygens (including phenoxy) is 2. The molecule has 0 spiro atoms. The average Bonchev–Trinajstić information content (AvgIpc) is 3.08. The Morgan fingerprint density at radius 2 is 1.79 bits per heavy atom. The van der Waals surface area contributed by atoms with Crippen molar-refractivity contribution < 1.29 is 14.3 Å². The lowest BCUT2D eigenvalue weighted by atomic mass is 10.1. The zero-order valence-corrected chi connectivity index (χ0v) is 13.8. The lowest BCUT2D eigenvalue weighted by Crippen LogP contribution is -2.25. The zero-order valence-electron chi connectivity index (χ0n) is 13.8. The van der Waals surface area contributed by atoms with Crippen molar-refractivity contribution in [3.05, 3.63) is 59.8 Å². The van der Waals surface area contributed by atoms with Crippen LogP contribution < -0.4 is 14.8 Å². The fraction of sp³-hybridized carbons (Fsp3) is 0.211. The molecule has 0 fully saturated rings. The number of amides is 1. The van der Waals surface area contributed by atoms with Crippen LogP contribution in [0, 0.1) is 0 Å². The number of methoxy groups -OCH3 is 2. The predicted molar refractivity (Wildman–Crippen MR) is 93.9 cm³/mol. The minimum absolute atomic E-state index is 0.144. The van der Waals surface area contributed by atoms with E-state index in [-0.39, 0.29) is 5.91 Å². The number of hydrogen-bond acceptors (Lipinski definition) is 3. The van der Waals surface area contributed by atoms with Gasteiger partial charge in [-0.15, -0.1) is 0 Å². The number of benzene rings is 2. The van der Waals surface area contributed by atoms with Crippen molar-refractivity contribution in [1.29, 1.82) is 0 Å². The summed E-state index contributed by atoms with van der Waals surface area (Å²) in [7, 11) is 3.13. The zero-order chi connectivity index (χ0) is 16.9. The Morgan fingerprint density at radius 1 is 1.04 bits per heavy atom. The monoisotopic (exact) mass is 324 g/mol. The van der Waals surface area contributed by atoms with Gasteiger partial charge < -0.3 is 19.8 Å². The number of H-pyrrole nitrogens is 1. The average molecular weight is 324 g/mol. The van der Waals surface area contributed by atoms with Gasteiger partial charge >= 0.3 is 0 Å². The molecule has 2 aromatic carbocycles. The Labute approximate surface area is 140 Å². The van der Waals surface area contributed by atoms with Crippen molar-refractivity contribution >= 4 is 16.8 Å². The summed E-state index contributed by atoms with van der Waals surface area (Å²) in [5.41, 5.74) is 2.82. The second kappa shape index (κ2) is 7.08. The van der Waals surface area contributed by atoms with Crippen LogP contribution in [0.15, 0.2) is 48.7 Å². The molecule has 1 heterocycles. The van der Waals surface area contributed by atoms with Gasteiger partial charge in [-0.2, -0.15) is 0 Å². The van der Waals surface area contributed by atoms with Gasteiger partial charge in [0.05, 0.1) is 14.2 Å². The minimum Gasteiger partial charge on any atom is -0.497 e. The highest BCUT2D eigenvalue weighted by Crippen LogP contribution is 2.22. The minimum atomic E-state index is -0.144. The van der Waals surface area contributed by atoms with E-state index in [1.807, 2.05) is 12.3 Å². The SMILES string of the molecule is COc1cc(OC)cc(C(=O)NCCc2ccc3[nH]ccc3c2)c1. The molecule has 0 saturated carbocycles. The van der Waals surface area contributed by atoms with Crippen LogP contribution in [0.3, 0.4) is 0 Å². The van der Waals surface area contributed by atoms with Crippen LogP contribution in [0.2, 0.25) is 0 Å². The molecular formula is C19H20N2O3. The van der Waals surface area contributed by atoms with Gasteiger partial charge in [0.1, 0.15) is 11.5 Å². The molecule has 3 rings (SSSR count). The number of fused-ring (bicyclic) bond motifs is 1. The summed E-state index contributed by atoms with van der Waals surface area (Å²) in [6.07, 6.45) is 2.69. The van der Waals surface area contributed by atoms with E-state index < -0.39 is 0 Å². The first-order valence-corrected chi connectivity index (χ1v) is 7.77. The fourth-order valence-electron chi connectivity index (χ4n) is 2.62. The molecule has 2 N–H and O–H groups in total. The molecule has 0 aliphatic heterocycles. The van der Waals surface area contributed by atoms with E-state index in [1.54, 1.807) is 32.4 Å². The molecule has 5 nitrogen and oxygen atoms in total. The van der Waals surface area contributed by atoms with Crippen LogP contribution in [0.4, 0.5) is 0 Å². The van der Waals surface area contributed by atoms with Gasteiger partial charge in [0, 0.05) is 29.9 Å². The number of nitrogens with one attached hydrogen (secondary N) is 2. The Balaban J connectivity index is 1.62. The van der Waals surface area contributed by atoms with Crippen molar-refractivity contribution in [3.8, 4) is 11.5 Å². The number of carbonyl (C=O) groups is 1. The topological polar surface area (TPSA) is 63.4 Å². The standard InChI is InChI=1S/C19H20N2O3/c1-23-16-10-15(11-17(12-16)24-2)19(22)21-7-5-13-3-4-18-14(9-13)6-8-20-18/h3-4,6,8-12,20H,5,7H2,1-2H3,(H,21,22). The number of hydrogen-bond donors (Lipinski definition) is 2. The van der Waals surface area contributed by atoms with E-state index in [4.69, 9.17) is 9.47 Å². The van der Waals surface area contributed by atoms with Gasteiger partial charge in [-0.25, -0.2) is 0 Å². The molecule has 124 valence electrons. The molecule has 0 bridgehead atoms. The van der Waals surface area contributed by atoms with Crippen LogP contribution in [-0.2, 0) is 6.42 Å². The highest BCUT2D eigenvalue weighted by molar-refractivity contribution is 5.95. The Bertz CT molecular complexity index is 832. The van der Waals surface area contributed by atoms with E-state index in [9.17, 15) is 4.79 Å². The highest BCUT2D eigenvalue weighted by Gasteiger charge is 2.09. The second-order valence-corrected chi connectivity index (χ2v) is 5.51. The first-order valence-electron chi connectivity index (χ1n) is 7.77. The van der Waals surface area contributed by atoms with Crippen molar-refractivity contribution in [3.63, 3.8) is 0 Å². The lowest BCUT2D eigenvalue weighted by molar-refractivity contribution is 0.0953. The molecule has 0 aliphatic carbocycles. The Kier molecular flexibility index (Phi) is 4.70. The van der Waals surface area contributed by atoms with E-state index in [2.05, 4.69) is 28.5 Å². The maximum atomic E-state index is 12.3. The van der Waals surface area contributed by atoms with Crippen molar-refractivity contribution in [2.24, 2.45) is 0 Å².